The van der Waals surface area contributed by atoms with Gasteiger partial charge in [-0.1, -0.05) is 315 Å². The number of ether oxygens (including phenoxy) is 1. The van der Waals surface area contributed by atoms with E-state index in [9.17, 15) is 0 Å². The highest BCUT2D eigenvalue weighted by Crippen LogP contribution is 2.53. The zero-order chi connectivity index (χ0) is 62.2. The van der Waals surface area contributed by atoms with E-state index in [0.717, 1.165) is 61.9 Å². The molecule has 11 aromatic carbocycles. The monoisotopic (exact) mass is 1160 g/mol. The molecule has 0 radical (unpaired) electrons. The molecule has 0 unspecified atom stereocenters. The highest BCUT2D eigenvalue weighted by molar-refractivity contribution is 6.99. The van der Waals surface area contributed by atoms with Gasteiger partial charge < -0.3 is 9.64 Å². The Morgan fingerprint density at radius 3 is 1.34 bits per heavy atom. The molecule has 89 heavy (non-hydrogen) atoms. The number of benzene rings is 11. The van der Waals surface area contributed by atoms with E-state index in [1.807, 2.05) is 0 Å². The normalized spacial score (nSPS) is 14.6. The van der Waals surface area contributed by atoms with Gasteiger partial charge in [-0.15, -0.1) is 0 Å². The quantitative estimate of drug-likeness (QED) is 0.141. The molecule has 0 saturated heterocycles. The summed E-state index contributed by atoms with van der Waals surface area (Å²) in [5.74, 6) is 1.76. The van der Waals surface area contributed by atoms with Crippen LogP contribution in [-0.4, -0.2) is 6.71 Å². The smallest absolute Gasteiger partial charge is 0.256 e. The number of hydrogen-bond donors (Lipinski definition) is 0. The molecule has 2 nitrogen and oxygen atoms in total. The Morgan fingerprint density at radius 1 is 0.315 bits per heavy atom. The van der Waals surface area contributed by atoms with Gasteiger partial charge in [0.1, 0.15) is 11.5 Å². The highest BCUT2D eigenvalue weighted by Gasteiger charge is 2.45. The van der Waals surface area contributed by atoms with Gasteiger partial charge >= 0.3 is 0 Å². The number of hydrogen-bond acceptors (Lipinski definition) is 2. The highest BCUT2D eigenvalue weighted by atomic mass is 16.5. The Balaban J connectivity index is 1.10. The van der Waals surface area contributed by atoms with Crippen LogP contribution < -0.4 is 26.0 Å². The first-order chi connectivity index (χ1) is 42.4. The molecule has 0 aliphatic carbocycles. The predicted molar refractivity (Wildman–Crippen MR) is 380 cm³/mol. The SMILES string of the molecule is CC(C)(C)c1cc2cc(c1)C(C)(C)C(C)(C)c1cc(cc(C(C)(C)C)c1)-c1ccc3c(c1)B1c4cc-2ccc4Oc2cc(-c4ccccc4)cc(c21)N3c1c(-c2ccc(C(C)(C)c3ccccc3)cc2)cccc1-c1cccc(C(C)(C)c2ccccc2)c1. The number of anilines is 3. The molecule has 0 aromatic heterocycles. The topological polar surface area (TPSA) is 12.5 Å². The van der Waals surface area contributed by atoms with Crippen LogP contribution in [0.3, 0.4) is 0 Å². The lowest BCUT2D eigenvalue weighted by Crippen LogP contribution is -2.59. The summed E-state index contributed by atoms with van der Waals surface area (Å²) >= 11 is 0. The molecular formula is C86H82BNO. The average molecular weight is 1160 g/mol. The fourth-order valence-electron chi connectivity index (χ4n) is 14.5. The molecule has 3 heteroatoms. The van der Waals surface area contributed by atoms with Gasteiger partial charge in [0.15, 0.2) is 0 Å². The van der Waals surface area contributed by atoms with Crippen molar-refractivity contribution >= 4 is 40.2 Å². The summed E-state index contributed by atoms with van der Waals surface area (Å²) in [5, 5.41) is 0. The van der Waals surface area contributed by atoms with Crippen molar-refractivity contribution in [1.82, 2.24) is 0 Å². The van der Waals surface area contributed by atoms with E-state index < -0.39 is 0 Å². The van der Waals surface area contributed by atoms with Gasteiger partial charge in [-0.2, -0.15) is 0 Å². The molecular weight excluding hydrogens is 1070 g/mol. The summed E-state index contributed by atoms with van der Waals surface area (Å²) < 4.78 is 7.52. The van der Waals surface area contributed by atoms with Crippen LogP contribution in [0, 0.1) is 0 Å². The summed E-state index contributed by atoms with van der Waals surface area (Å²) in [4.78, 5) is 2.64. The number of para-hydroxylation sites is 1. The van der Waals surface area contributed by atoms with Crippen molar-refractivity contribution in [3.8, 4) is 67.1 Å². The fraction of sp³-hybridized carbons (Fsp3) is 0.233. The van der Waals surface area contributed by atoms with E-state index in [2.05, 4.69) is 344 Å². The molecule has 8 bridgehead atoms. The minimum absolute atomic E-state index is 0.0922. The van der Waals surface area contributed by atoms with Crippen molar-refractivity contribution in [3.63, 3.8) is 0 Å². The maximum atomic E-state index is 7.52. The summed E-state index contributed by atoms with van der Waals surface area (Å²) in [5.41, 5.74) is 27.8. The molecule has 3 heterocycles. The lowest BCUT2D eigenvalue weighted by molar-refractivity contribution is 0.302. The molecule has 14 rings (SSSR count). The van der Waals surface area contributed by atoms with Gasteiger partial charge in [0.2, 0.25) is 0 Å². The molecule has 0 amide bonds. The van der Waals surface area contributed by atoms with E-state index in [1.54, 1.807) is 0 Å². The zero-order valence-corrected chi connectivity index (χ0v) is 54.5. The molecule has 440 valence electrons. The summed E-state index contributed by atoms with van der Waals surface area (Å²) in [7, 11) is 0. The molecule has 11 aromatic rings. The van der Waals surface area contributed by atoms with E-state index in [4.69, 9.17) is 4.74 Å². The van der Waals surface area contributed by atoms with Crippen LogP contribution in [0.25, 0.3) is 55.6 Å². The van der Waals surface area contributed by atoms with Crippen molar-refractivity contribution in [2.24, 2.45) is 0 Å². The third-order valence-corrected chi connectivity index (χ3v) is 21.2. The summed E-state index contributed by atoms with van der Waals surface area (Å²) in [6.07, 6.45) is 0. The standard InChI is InChI=1S/C86H82BNO/c1-81(2,3)67-45-60-47-69(53-67)85(11,12)86(13,14)70-48-61(46-68(54-70)82(4,5)6)58-39-43-77-74(50-58)87-73-49-57(60)38-42-75(73)88(76-51-62(52-78(89-77)79(76)87)55-26-18-15-19-27-55)80-71(56-36-40-65(41-37-56)83(7,8)63-29-20-16-21-30-63)34-25-35-72(80)59-28-24-33-66(44-59)84(9,10)64-31-22-17-23-32-64/h15-54H,1-14H3. The minimum Gasteiger partial charge on any atom is -0.458 e. The molecule has 3 aliphatic heterocycles. The van der Waals surface area contributed by atoms with E-state index in [0.29, 0.717) is 0 Å². The molecule has 0 saturated carbocycles. The van der Waals surface area contributed by atoms with Gasteiger partial charge in [-0.05, 0) is 151 Å². The van der Waals surface area contributed by atoms with Crippen LogP contribution in [0.5, 0.6) is 11.5 Å². The van der Waals surface area contributed by atoms with Crippen molar-refractivity contribution in [3.05, 3.63) is 287 Å². The number of fused-ring (bicyclic) bond motifs is 8. The maximum absolute atomic E-state index is 7.52. The summed E-state index contributed by atoms with van der Waals surface area (Å²) in [6, 6.07) is 92.7. The van der Waals surface area contributed by atoms with Gasteiger partial charge in [0, 0.05) is 33.3 Å². The first-order valence-electron chi connectivity index (χ1n) is 32.2. The minimum atomic E-state index is -0.288. The predicted octanol–water partition coefficient (Wildman–Crippen LogP) is 21.2. The fourth-order valence-corrected chi connectivity index (χ4v) is 14.5. The van der Waals surface area contributed by atoms with Crippen LogP contribution in [0.1, 0.15) is 141 Å². The van der Waals surface area contributed by atoms with Crippen LogP contribution in [0.4, 0.5) is 17.1 Å². The molecule has 0 spiro atoms. The molecule has 0 fully saturated rings. The lowest BCUT2D eigenvalue weighted by atomic mass is 9.34. The Morgan fingerprint density at radius 2 is 0.764 bits per heavy atom. The Hall–Kier alpha value is -8.92. The Bertz CT molecular complexity index is 4570. The molecule has 3 aliphatic rings. The Kier molecular flexibility index (Phi) is 13.5. The largest absolute Gasteiger partial charge is 0.458 e. The van der Waals surface area contributed by atoms with E-state index >= 15 is 0 Å². The van der Waals surface area contributed by atoms with E-state index in [1.165, 1.54) is 83.1 Å². The Labute approximate surface area is 530 Å². The zero-order valence-electron chi connectivity index (χ0n) is 54.5. The van der Waals surface area contributed by atoms with Crippen molar-refractivity contribution in [2.45, 2.75) is 129 Å². The second kappa shape index (κ2) is 20.8. The second-order valence-corrected chi connectivity index (χ2v) is 29.9. The first kappa shape index (κ1) is 57.8. The first-order valence-corrected chi connectivity index (χ1v) is 32.2. The van der Waals surface area contributed by atoms with Gasteiger partial charge in [0.05, 0.1) is 5.69 Å². The summed E-state index contributed by atoms with van der Waals surface area (Å²) in [6.45, 7) is 33.2. The number of nitrogens with zero attached hydrogens (tertiary/aromatic N) is 1. The molecule has 0 N–H and O–H groups in total. The second-order valence-electron chi connectivity index (χ2n) is 29.9. The van der Waals surface area contributed by atoms with Crippen molar-refractivity contribution < 1.29 is 4.74 Å². The number of rotatable bonds is 8. The van der Waals surface area contributed by atoms with Gasteiger partial charge in [0.25, 0.3) is 6.71 Å². The average Bonchev–Trinajstić information content (AvgIpc) is 1.07. The van der Waals surface area contributed by atoms with E-state index in [-0.39, 0.29) is 39.2 Å². The lowest BCUT2D eigenvalue weighted by Gasteiger charge is -2.44. The third kappa shape index (κ3) is 9.70. The van der Waals surface area contributed by atoms with Gasteiger partial charge in [-0.3, -0.25) is 0 Å². The van der Waals surface area contributed by atoms with Crippen LogP contribution >= 0.6 is 0 Å². The third-order valence-electron chi connectivity index (χ3n) is 21.2. The van der Waals surface area contributed by atoms with Crippen molar-refractivity contribution in [2.75, 3.05) is 4.90 Å². The maximum Gasteiger partial charge on any atom is 0.256 e. The van der Waals surface area contributed by atoms with Crippen molar-refractivity contribution in [1.29, 1.82) is 0 Å². The van der Waals surface area contributed by atoms with Crippen LogP contribution in [0.15, 0.2) is 243 Å². The van der Waals surface area contributed by atoms with Crippen LogP contribution in [-0.2, 0) is 32.5 Å². The molecule has 0 atom stereocenters. The van der Waals surface area contributed by atoms with Gasteiger partial charge in [-0.25, -0.2) is 0 Å². The van der Waals surface area contributed by atoms with Crippen LogP contribution in [0.2, 0.25) is 0 Å².